The maximum Gasteiger partial charge on any atom is 0.185 e. The molecule has 4 rings (SSSR count). The van der Waals surface area contributed by atoms with Gasteiger partial charge in [-0.3, -0.25) is 4.79 Å². The molecule has 0 unspecified atom stereocenters. The minimum Gasteiger partial charge on any atom is -0.394 e. The predicted octanol–water partition coefficient (Wildman–Crippen LogP) is 2.88. The van der Waals surface area contributed by atoms with Crippen molar-refractivity contribution in [3.8, 4) is 11.4 Å². The highest BCUT2D eigenvalue weighted by molar-refractivity contribution is 5.96. The third-order valence-electron chi connectivity index (χ3n) is 5.49. The standard InChI is InChI=1S/C23H21F3N4O2/c24-14-4-5-20(30-11-15(27)10-16(30)12-31)13(8-14)9-21(32)19-6-7-28-23(29-19)22-17(25)2-1-3-18(22)26/h1-8,15-16,31H,9-12,27H2/t15-,16-/m0/s1. The van der Waals surface area contributed by atoms with Crippen molar-refractivity contribution in [1.29, 1.82) is 0 Å². The molecular weight excluding hydrogens is 421 g/mol. The molecule has 0 radical (unpaired) electrons. The first-order valence-corrected chi connectivity index (χ1v) is 10.1. The van der Waals surface area contributed by atoms with E-state index in [2.05, 4.69) is 9.97 Å². The molecule has 2 aromatic carbocycles. The Labute approximate surface area is 182 Å². The lowest BCUT2D eigenvalue weighted by Crippen LogP contribution is -2.33. The molecule has 166 valence electrons. The van der Waals surface area contributed by atoms with Crippen LogP contribution >= 0.6 is 0 Å². The van der Waals surface area contributed by atoms with Crippen molar-refractivity contribution >= 4 is 11.5 Å². The second-order valence-electron chi connectivity index (χ2n) is 7.72. The number of aromatic nitrogens is 2. The van der Waals surface area contributed by atoms with Crippen LogP contribution in [0.3, 0.4) is 0 Å². The molecule has 0 amide bonds. The van der Waals surface area contributed by atoms with Crippen molar-refractivity contribution in [3.05, 3.63) is 77.4 Å². The second kappa shape index (κ2) is 9.05. The minimum absolute atomic E-state index is 0.0512. The van der Waals surface area contributed by atoms with Gasteiger partial charge in [0, 0.05) is 30.9 Å². The molecule has 3 aromatic rings. The molecule has 2 heterocycles. The Morgan fingerprint density at radius 3 is 2.62 bits per heavy atom. The monoisotopic (exact) mass is 442 g/mol. The molecule has 2 atom stereocenters. The maximum absolute atomic E-state index is 14.1. The second-order valence-corrected chi connectivity index (χ2v) is 7.72. The minimum atomic E-state index is -0.845. The van der Waals surface area contributed by atoms with Crippen LogP contribution < -0.4 is 10.6 Å². The lowest BCUT2D eigenvalue weighted by molar-refractivity contribution is 0.0988. The number of aliphatic hydroxyl groups is 1. The predicted molar refractivity (Wildman–Crippen MR) is 113 cm³/mol. The highest BCUT2D eigenvalue weighted by Crippen LogP contribution is 2.30. The number of halogens is 3. The number of aliphatic hydroxyl groups excluding tert-OH is 1. The first-order chi connectivity index (χ1) is 15.4. The zero-order chi connectivity index (χ0) is 22.8. The molecule has 0 spiro atoms. The van der Waals surface area contributed by atoms with Gasteiger partial charge in [-0.2, -0.15) is 0 Å². The van der Waals surface area contributed by atoms with E-state index >= 15 is 0 Å². The Bertz CT molecular complexity index is 1140. The smallest absolute Gasteiger partial charge is 0.185 e. The van der Waals surface area contributed by atoms with Crippen molar-refractivity contribution in [2.24, 2.45) is 5.73 Å². The Hall–Kier alpha value is -3.30. The molecule has 1 aromatic heterocycles. The third kappa shape index (κ3) is 4.35. The SMILES string of the molecule is N[C@H]1C[C@@H](CO)N(c2ccc(F)cc2CC(=O)c2ccnc(-c3c(F)cccc3F)n2)C1. The summed E-state index contributed by atoms with van der Waals surface area (Å²) in [6.07, 6.45) is 1.62. The number of carbonyl (C=O) groups is 1. The number of Topliss-reactive ketones (excluding diaryl/α,β-unsaturated/α-hetero) is 1. The molecule has 3 N–H and O–H groups in total. The number of hydrogen-bond acceptors (Lipinski definition) is 6. The van der Waals surface area contributed by atoms with E-state index < -0.39 is 28.8 Å². The van der Waals surface area contributed by atoms with Crippen molar-refractivity contribution in [3.63, 3.8) is 0 Å². The quantitative estimate of drug-likeness (QED) is 0.571. The molecule has 1 aliphatic heterocycles. The fraction of sp³-hybridized carbons (Fsp3) is 0.261. The summed E-state index contributed by atoms with van der Waals surface area (Å²) in [6, 6.07) is 8.42. The fourth-order valence-electron chi connectivity index (χ4n) is 4.01. The van der Waals surface area contributed by atoms with Crippen LogP contribution in [0.2, 0.25) is 0 Å². The van der Waals surface area contributed by atoms with Gasteiger partial charge in [-0.15, -0.1) is 0 Å². The summed E-state index contributed by atoms with van der Waals surface area (Å²) >= 11 is 0. The van der Waals surface area contributed by atoms with Crippen LogP contribution in [0.5, 0.6) is 0 Å². The molecule has 1 fully saturated rings. The first-order valence-electron chi connectivity index (χ1n) is 10.1. The van der Waals surface area contributed by atoms with Crippen molar-refractivity contribution in [2.75, 3.05) is 18.1 Å². The van der Waals surface area contributed by atoms with Gasteiger partial charge >= 0.3 is 0 Å². The van der Waals surface area contributed by atoms with Gasteiger partial charge in [0.05, 0.1) is 18.2 Å². The maximum atomic E-state index is 14.1. The van der Waals surface area contributed by atoms with Crippen LogP contribution in [0.4, 0.5) is 18.9 Å². The highest BCUT2D eigenvalue weighted by atomic mass is 19.1. The van der Waals surface area contributed by atoms with Gasteiger partial charge < -0.3 is 15.7 Å². The number of carbonyl (C=O) groups excluding carboxylic acids is 1. The van der Waals surface area contributed by atoms with Gasteiger partial charge in [0.2, 0.25) is 0 Å². The molecule has 1 aliphatic rings. The first kappa shape index (κ1) is 21.9. The number of benzene rings is 2. The number of nitrogens with two attached hydrogens (primary N) is 1. The zero-order valence-corrected chi connectivity index (χ0v) is 17.0. The average Bonchev–Trinajstić information content (AvgIpc) is 3.14. The number of rotatable bonds is 6. The van der Waals surface area contributed by atoms with Gasteiger partial charge in [0.1, 0.15) is 23.1 Å². The summed E-state index contributed by atoms with van der Waals surface area (Å²) in [6.45, 7) is 0.338. The van der Waals surface area contributed by atoms with Crippen molar-refractivity contribution in [1.82, 2.24) is 9.97 Å². The van der Waals surface area contributed by atoms with Gasteiger partial charge in [0.15, 0.2) is 11.6 Å². The van der Waals surface area contributed by atoms with E-state index in [0.717, 1.165) is 12.1 Å². The lowest BCUT2D eigenvalue weighted by atomic mass is 10.0. The average molecular weight is 442 g/mol. The van der Waals surface area contributed by atoms with Crippen LogP contribution in [-0.4, -0.2) is 46.1 Å². The van der Waals surface area contributed by atoms with E-state index in [0.29, 0.717) is 24.2 Å². The number of ketones is 1. The Morgan fingerprint density at radius 2 is 1.91 bits per heavy atom. The van der Waals surface area contributed by atoms with Crippen LogP contribution in [-0.2, 0) is 6.42 Å². The molecular formula is C23H21F3N4O2. The van der Waals surface area contributed by atoms with Crippen LogP contribution in [0.1, 0.15) is 22.5 Å². The number of nitrogens with zero attached hydrogens (tertiary/aromatic N) is 3. The number of anilines is 1. The fourth-order valence-corrected chi connectivity index (χ4v) is 4.01. The van der Waals surface area contributed by atoms with Crippen LogP contribution in [0.15, 0.2) is 48.7 Å². The molecule has 0 saturated carbocycles. The van der Waals surface area contributed by atoms with E-state index in [1.54, 1.807) is 6.07 Å². The molecule has 1 saturated heterocycles. The van der Waals surface area contributed by atoms with Gasteiger partial charge in [-0.05, 0) is 48.4 Å². The lowest BCUT2D eigenvalue weighted by Gasteiger charge is -2.27. The molecule has 0 bridgehead atoms. The van der Waals surface area contributed by atoms with E-state index in [9.17, 15) is 23.1 Å². The van der Waals surface area contributed by atoms with Crippen molar-refractivity contribution < 1.29 is 23.1 Å². The Kier molecular flexibility index (Phi) is 6.20. The van der Waals surface area contributed by atoms with Crippen LogP contribution in [0.25, 0.3) is 11.4 Å². The van der Waals surface area contributed by atoms with E-state index in [1.807, 2.05) is 4.90 Å². The molecule has 32 heavy (non-hydrogen) atoms. The number of hydrogen-bond donors (Lipinski definition) is 2. The summed E-state index contributed by atoms with van der Waals surface area (Å²) in [7, 11) is 0. The highest BCUT2D eigenvalue weighted by Gasteiger charge is 2.31. The van der Waals surface area contributed by atoms with Crippen molar-refractivity contribution in [2.45, 2.75) is 24.9 Å². The Morgan fingerprint density at radius 1 is 1.16 bits per heavy atom. The molecule has 6 nitrogen and oxygen atoms in total. The topological polar surface area (TPSA) is 92.3 Å². The van der Waals surface area contributed by atoms with E-state index in [-0.39, 0.29) is 36.6 Å². The summed E-state index contributed by atoms with van der Waals surface area (Å²) in [5.74, 6) is -2.93. The molecule has 0 aliphatic carbocycles. The third-order valence-corrected chi connectivity index (χ3v) is 5.49. The summed E-state index contributed by atoms with van der Waals surface area (Å²) in [4.78, 5) is 22.8. The van der Waals surface area contributed by atoms with Gasteiger partial charge in [0.25, 0.3) is 0 Å². The Balaban J connectivity index is 1.65. The van der Waals surface area contributed by atoms with E-state index in [4.69, 9.17) is 5.73 Å². The largest absolute Gasteiger partial charge is 0.394 e. The summed E-state index contributed by atoms with van der Waals surface area (Å²) in [5.41, 5.74) is 6.55. The normalized spacial score (nSPS) is 18.2. The zero-order valence-electron chi connectivity index (χ0n) is 17.0. The van der Waals surface area contributed by atoms with E-state index in [1.165, 1.54) is 30.5 Å². The van der Waals surface area contributed by atoms with Crippen LogP contribution in [0, 0.1) is 17.5 Å². The summed E-state index contributed by atoms with van der Waals surface area (Å²) in [5, 5.41) is 9.69. The summed E-state index contributed by atoms with van der Waals surface area (Å²) < 4.78 is 42.2. The molecule has 9 heteroatoms. The van der Waals surface area contributed by atoms with Gasteiger partial charge in [-0.25, -0.2) is 23.1 Å². The van der Waals surface area contributed by atoms with Gasteiger partial charge in [-0.1, -0.05) is 6.07 Å².